The van der Waals surface area contributed by atoms with E-state index in [9.17, 15) is 4.79 Å². The van der Waals surface area contributed by atoms with Crippen molar-refractivity contribution in [2.75, 3.05) is 5.32 Å². The Hall–Kier alpha value is -3.43. The first-order valence-corrected chi connectivity index (χ1v) is 11.8. The smallest absolute Gasteiger partial charge is 0.277 e. The Balaban J connectivity index is 1.19. The van der Waals surface area contributed by atoms with E-state index in [0.717, 1.165) is 38.4 Å². The Morgan fingerprint density at radius 2 is 2.00 bits per heavy atom. The van der Waals surface area contributed by atoms with Crippen LogP contribution in [0.5, 0.6) is 0 Å². The summed E-state index contributed by atoms with van der Waals surface area (Å²) in [5.74, 6) is 0.996. The van der Waals surface area contributed by atoms with Crippen LogP contribution in [-0.2, 0) is 17.0 Å². The van der Waals surface area contributed by atoms with Gasteiger partial charge in [-0.05, 0) is 24.6 Å². The third-order valence-corrected chi connectivity index (χ3v) is 6.65. The summed E-state index contributed by atoms with van der Waals surface area (Å²) < 4.78 is 5.84. The molecule has 2 N–H and O–H groups in total. The molecule has 9 heteroatoms. The monoisotopic (exact) mass is 461 g/mol. The number of thiazole rings is 1. The van der Waals surface area contributed by atoms with Gasteiger partial charge in [0.05, 0.1) is 17.7 Å². The summed E-state index contributed by atoms with van der Waals surface area (Å²) in [7, 11) is 0. The van der Waals surface area contributed by atoms with Crippen LogP contribution in [0.15, 0.2) is 69.7 Å². The molecular formula is C23H19N5O2S2. The highest BCUT2D eigenvalue weighted by atomic mass is 32.2. The van der Waals surface area contributed by atoms with E-state index in [2.05, 4.69) is 25.5 Å². The molecule has 7 nitrogen and oxygen atoms in total. The molecule has 32 heavy (non-hydrogen) atoms. The molecule has 0 saturated carbocycles. The molecular weight excluding hydrogens is 442 g/mol. The molecule has 0 radical (unpaired) electrons. The number of rotatable bonds is 7. The molecule has 0 bridgehead atoms. The average Bonchev–Trinajstić information content (AvgIpc) is 3.53. The fourth-order valence-corrected chi connectivity index (χ4v) is 4.86. The Kier molecular flexibility index (Phi) is 5.74. The highest BCUT2D eigenvalue weighted by Crippen LogP contribution is 2.30. The molecule has 0 fully saturated rings. The second-order valence-corrected chi connectivity index (χ2v) is 9.05. The first-order valence-electron chi connectivity index (χ1n) is 9.97. The van der Waals surface area contributed by atoms with Crippen molar-refractivity contribution in [3.8, 4) is 11.5 Å². The Bertz CT molecular complexity index is 1390. The van der Waals surface area contributed by atoms with E-state index < -0.39 is 0 Å². The molecule has 1 amide bonds. The van der Waals surface area contributed by atoms with Crippen molar-refractivity contribution in [3.63, 3.8) is 0 Å². The maximum absolute atomic E-state index is 12.3. The molecule has 0 aliphatic rings. The number of aromatic nitrogens is 4. The molecule has 5 aromatic rings. The fourth-order valence-electron chi connectivity index (χ4n) is 3.30. The number of aromatic amines is 1. The topological polar surface area (TPSA) is 96.7 Å². The molecule has 0 atom stereocenters. The van der Waals surface area contributed by atoms with E-state index >= 15 is 0 Å². The predicted octanol–water partition coefficient (Wildman–Crippen LogP) is 5.46. The SMILES string of the molecule is Cc1ccccc1NC(=O)Cc1nc(CSc2nnc(-c3c[nH]c4ccccc34)o2)cs1. The number of carbonyl (C=O) groups is 1. The van der Waals surface area contributed by atoms with Crippen molar-refractivity contribution < 1.29 is 9.21 Å². The van der Waals surface area contributed by atoms with Crippen molar-refractivity contribution in [1.29, 1.82) is 0 Å². The summed E-state index contributed by atoms with van der Waals surface area (Å²) in [4.78, 5) is 20.1. The van der Waals surface area contributed by atoms with Crippen LogP contribution in [0.2, 0.25) is 0 Å². The highest BCUT2D eigenvalue weighted by Gasteiger charge is 2.15. The number of aryl methyl sites for hydroxylation is 1. The van der Waals surface area contributed by atoms with E-state index in [4.69, 9.17) is 4.42 Å². The number of thioether (sulfide) groups is 1. The first-order chi connectivity index (χ1) is 15.7. The van der Waals surface area contributed by atoms with Gasteiger partial charge in [-0.3, -0.25) is 4.79 Å². The number of para-hydroxylation sites is 2. The number of hydrogen-bond acceptors (Lipinski definition) is 7. The average molecular weight is 462 g/mol. The molecule has 0 aliphatic heterocycles. The summed E-state index contributed by atoms with van der Waals surface area (Å²) >= 11 is 2.90. The van der Waals surface area contributed by atoms with Gasteiger partial charge in [0, 0.05) is 33.9 Å². The van der Waals surface area contributed by atoms with Gasteiger partial charge in [0.2, 0.25) is 5.91 Å². The van der Waals surface area contributed by atoms with Crippen LogP contribution in [0.25, 0.3) is 22.4 Å². The zero-order chi connectivity index (χ0) is 21.9. The van der Waals surface area contributed by atoms with Crippen LogP contribution in [0.3, 0.4) is 0 Å². The maximum atomic E-state index is 12.3. The Labute approximate surface area is 192 Å². The Morgan fingerprint density at radius 3 is 2.91 bits per heavy atom. The van der Waals surface area contributed by atoms with Gasteiger partial charge in [-0.2, -0.15) is 0 Å². The summed E-state index contributed by atoms with van der Waals surface area (Å²) in [5, 5.41) is 15.5. The predicted molar refractivity (Wildman–Crippen MR) is 127 cm³/mol. The number of amides is 1. The van der Waals surface area contributed by atoms with E-state index in [-0.39, 0.29) is 12.3 Å². The number of carbonyl (C=O) groups excluding carboxylic acids is 1. The lowest BCUT2D eigenvalue weighted by molar-refractivity contribution is -0.115. The highest BCUT2D eigenvalue weighted by molar-refractivity contribution is 7.98. The molecule has 3 heterocycles. The number of hydrogen-bond donors (Lipinski definition) is 2. The number of H-pyrrole nitrogens is 1. The summed E-state index contributed by atoms with van der Waals surface area (Å²) in [6.45, 7) is 1.97. The van der Waals surface area contributed by atoms with Crippen LogP contribution in [0.4, 0.5) is 5.69 Å². The number of anilines is 1. The minimum absolute atomic E-state index is 0.0758. The van der Waals surface area contributed by atoms with Crippen molar-refractivity contribution in [2.45, 2.75) is 24.3 Å². The molecule has 0 aliphatic carbocycles. The van der Waals surface area contributed by atoms with Crippen LogP contribution >= 0.6 is 23.1 Å². The largest absolute Gasteiger partial charge is 0.411 e. The molecule has 5 rings (SSSR count). The standard InChI is InChI=1S/C23H19N5O2S2/c1-14-6-2-4-8-18(14)26-20(29)10-21-25-15(12-31-21)13-32-23-28-27-22(30-23)17-11-24-19-9-5-3-7-16(17)19/h2-9,11-12,24H,10,13H2,1H3,(H,26,29). The minimum Gasteiger partial charge on any atom is -0.411 e. The molecule has 2 aromatic carbocycles. The number of nitrogens with one attached hydrogen (secondary N) is 2. The van der Waals surface area contributed by atoms with Crippen molar-refractivity contribution >= 4 is 45.6 Å². The molecule has 3 aromatic heterocycles. The first kappa shape index (κ1) is 20.5. The van der Waals surface area contributed by atoms with Crippen molar-refractivity contribution in [2.24, 2.45) is 0 Å². The van der Waals surface area contributed by atoms with E-state index in [1.54, 1.807) is 0 Å². The maximum Gasteiger partial charge on any atom is 0.277 e. The van der Waals surface area contributed by atoms with E-state index in [1.165, 1.54) is 23.1 Å². The van der Waals surface area contributed by atoms with Crippen LogP contribution in [0, 0.1) is 6.92 Å². The second kappa shape index (κ2) is 8.97. The third kappa shape index (κ3) is 4.44. The van der Waals surface area contributed by atoms with Gasteiger partial charge in [-0.1, -0.05) is 48.2 Å². The Morgan fingerprint density at radius 1 is 1.16 bits per heavy atom. The van der Waals surface area contributed by atoms with Gasteiger partial charge in [0.1, 0.15) is 5.01 Å². The van der Waals surface area contributed by atoms with E-state index in [0.29, 0.717) is 16.9 Å². The fraction of sp³-hybridized carbons (Fsp3) is 0.130. The lowest BCUT2D eigenvalue weighted by Crippen LogP contribution is -2.15. The van der Waals surface area contributed by atoms with Gasteiger partial charge in [-0.25, -0.2) is 4.98 Å². The minimum atomic E-state index is -0.0758. The zero-order valence-corrected chi connectivity index (χ0v) is 18.8. The number of benzene rings is 2. The zero-order valence-electron chi connectivity index (χ0n) is 17.2. The lowest BCUT2D eigenvalue weighted by atomic mass is 10.2. The van der Waals surface area contributed by atoms with Crippen LogP contribution in [0.1, 0.15) is 16.3 Å². The molecule has 160 valence electrons. The normalized spacial score (nSPS) is 11.2. The van der Waals surface area contributed by atoms with Crippen LogP contribution in [-0.4, -0.2) is 26.1 Å². The van der Waals surface area contributed by atoms with Gasteiger partial charge in [0.25, 0.3) is 11.1 Å². The number of nitrogens with zero attached hydrogens (tertiary/aromatic N) is 3. The summed E-state index contributed by atoms with van der Waals surface area (Å²) in [6.07, 6.45) is 2.12. The summed E-state index contributed by atoms with van der Waals surface area (Å²) in [6, 6.07) is 15.7. The van der Waals surface area contributed by atoms with E-state index in [1.807, 2.05) is 67.0 Å². The van der Waals surface area contributed by atoms with Gasteiger partial charge < -0.3 is 14.7 Å². The van der Waals surface area contributed by atoms with Gasteiger partial charge in [0.15, 0.2) is 0 Å². The molecule has 0 saturated heterocycles. The van der Waals surface area contributed by atoms with Gasteiger partial charge in [-0.15, -0.1) is 21.5 Å². The molecule has 0 spiro atoms. The third-order valence-electron chi connectivity index (χ3n) is 4.90. The quantitative estimate of drug-likeness (QED) is 0.313. The van der Waals surface area contributed by atoms with Crippen LogP contribution < -0.4 is 5.32 Å². The van der Waals surface area contributed by atoms with Crippen molar-refractivity contribution in [3.05, 3.63) is 76.4 Å². The number of fused-ring (bicyclic) bond motifs is 1. The molecule has 0 unspecified atom stereocenters. The lowest BCUT2D eigenvalue weighted by Gasteiger charge is -2.06. The second-order valence-electron chi connectivity index (χ2n) is 7.18. The van der Waals surface area contributed by atoms with Gasteiger partial charge >= 0.3 is 0 Å². The van der Waals surface area contributed by atoms with Crippen molar-refractivity contribution in [1.82, 2.24) is 20.2 Å². The summed E-state index contributed by atoms with van der Waals surface area (Å²) in [5.41, 5.74) is 4.65.